The summed E-state index contributed by atoms with van der Waals surface area (Å²) < 4.78 is 0.753. The van der Waals surface area contributed by atoms with Gasteiger partial charge in [0.2, 0.25) is 0 Å². The van der Waals surface area contributed by atoms with Crippen molar-refractivity contribution in [2.75, 3.05) is 0 Å². The van der Waals surface area contributed by atoms with Crippen LogP contribution < -0.4 is 0 Å². The number of halogens is 2. The summed E-state index contributed by atoms with van der Waals surface area (Å²) in [6.45, 7) is 1.58. The van der Waals surface area contributed by atoms with Gasteiger partial charge in [-0.25, -0.2) is 0 Å². The topological polar surface area (TPSA) is 34.1 Å². The maximum absolute atomic E-state index is 11.6. The Hall–Kier alpha value is -0.670. The fourth-order valence-electron chi connectivity index (χ4n) is 1.06. The van der Waals surface area contributed by atoms with Gasteiger partial charge in [-0.3, -0.25) is 9.59 Å². The molecular formula is C10H8BrClO2. The zero-order valence-electron chi connectivity index (χ0n) is 7.46. The van der Waals surface area contributed by atoms with E-state index in [1.165, 1.54) is 0 Å². The molecule has 14 heavy (non-hydrogen) atoms. The standard InChI is InChI=1S/C10H8BrClO2/c1-6(12)10(14)9-4-8(11)3-2-7(9)5-13/h2-6H,1H3. The summed E-state index contributed by atoms with van der Waals surface area (Å²) in [5, 5.41) is -0.622. The Morgan fingerprint density at radius 1 is 1.57 bits per heavy atom. The minimum atomic E-state index is -0.622. The van der Waals surface area contributed by atoms with E-state index >= 15 is 0 Å². The van der Waals surface area contributed by atoms with Gasteiger partial charge in [0, 0.05) is 15.6 Å². The minimum Gasteiger partial charge on any atom is -0.298 e. The number of aldehydes is 1. The van der Waals surface area contributed by atoms with Crippen LogP contribution in [-0.2, 0) is 0 Å². The van der Waals surface area contributed by atoms with E-state index in [2.05, 4.69) is 15.9 Å². The highest BCUT2D eigenvalue weighted by Gasteiger charge is 2.16. The lowest BCUT2D eigenvalue weighted by molar-refractivity contribution is 0.0985. The third-order valence-electron chi connectivity index (χ3n) is 1.77. The number of carbonyl (C=O) groups is 2. The molecule has 0 saturated carbocycles. The quantitative estimate of drug-likeness (QED) is 0.483. The Kier molecular flexibility index (Phi) is 3.84. The molecule has 0 radical (unpaired) electrons. The van der Waals surface area contributed by atoms with E-state index in [9.17, 15) is 9.59 Å². The van der Waals surface area contributed by atoms with E-state index in [1.807, 2.05) is 0 Å². The van der Waals surface area contributed by atoms with E-state index in [-0.39, 0.29) is 5.78 Å². The molecule has 1 unspecified atom stereocenters. The highest BCUT2D eigenvalue weighted by Crippen LogP contribution is 2.18. The molecule has 0 aliphatic rings. The Morgan fingerprint density at radius 3 is 2.71 bits per heavy atom. The largest absolute Gasteiger partial charge is 0.298 e. The fraction of sp³-hybridized carbons (Fsp3) is 0.200. The first kappa shape index (κ1) is 11.4. The monoisotopic (exact) mass is 274 g/mol. The summed E-state index contributed by atoms with van der Waals surface area (Å²) in [6, 6.07) is 4.90. The van der Waals surface area contributed by atoms with Crippen LogP contribution in [0.5, 0.6) is 0 Å². The van der Waals surface area contributed by atoms with Crippen molar-refractivity contribution < 1.29 is 9.59 Å². The summed E-state index contributed by atoms with van der Waals surface area (Å²) in [7, 11) is 0. The lowest BCUT2D eigenvalue weighted by atomic mass is 10.0. The Morgan fingerprint density at radius 2 is 2.21 bits per heavy atom. The van der Waals surface area contributed by atoms with Crippen molar-refractivity contribution in [2.45, 2.75) is 12.3 Å². The second-order valence-corrected chi connectivity index (χ2v) is 4.40. The number of alkyl halides is 1. The molecular weight excluding hydrogens is 267 g/mol. The van der Waals surface area contributed by atoms with Crippen LogP contribution >= 0.6 is 27.5 Å². The Balaban J connectivity index is 3.23. The van der Waals surface area contributed by atoms with Crippen LogP contribution in [0, 0.1) is 0 Å². The highest BCUT2D eigenvalue weighted by molar-refractivity contribution is 9.10. The Bertz CT molecular complexity index is 374. The van der Waals surface area contributed by atoms with Gasteiger partial charge in [0.05, 0.1) is 5.38 Å². The molecule has 0 N–H and O–H groups in total. The van der Waals surface area contributed by atoms with Gasteiger partial charge in [-0.1, -0.05) is 15.9 Å². The minimum absolute atomic E-state index is 0.241. The van der Waals surface area contributed by atoms with Crippen LogP contribution in [0.25, 0.3) is 0 Å². The van der Waals surface area contributed by atoms with Crippen molar-refractivity contribution in [1.29, 1.82) is 0 Å². The molecule has 0 amide bonds. The molecule has 0 heterocycles. The van der Waals surface area contributed by atoms with Gasteiger partial charge in [-0.2, -0.15) is 0 Å². The molecule has 1 atom stereocenters. The van der Waals surface area contributed by atoms with Gasteiger partial charge in [0.15, 0.2) is 12.1 Å². The molecule has 0 aliphatic carbocycles. The first-order valence-corrected chi connectivity index (χ1v) is 5.22. The van der Waals surface area contributed by atoms with Crippen molar-refractivity contribution in [2.24, 2.45) is 0 Å². The van der Waals surface area contributed by atoms with Crippen molar-refractivity contribution >= 4 is 39.6 Å². The zero-order valence-corrected chi connectivity index (χ0v) is 9.80. The van der Waals surface area contributed by atoms with E-state index < -0.39 is 5.38 Å². The first-order valence-electron chi connectivity index (χ1n) is 3.99. The van der Waals surface area contributed by atoms with Crippen molar-refractivity contribution in [3.63, 3.8) is 0 Å². The van der Waals surface area contributed by atoms with Gasteiger partial charge in [-0.05, 0) is 25.1 Å². The number of rotatable bonds is 3. The summed E-state index contributed by atoms with van der Waals surface area (Å²) in [6.07, 6.45) is 0.652. The Labute approximate surface area is 95.4 Å². The average molecular weight is 276 g/mol. The maximum Gasteiger partial charge on any atom is 0.181 e. The van der Waals surface area contributed by atoms with Crippen LogP contribution in [0.2, 0.25) is 0 Å². The van der Waals surface area contributed by atoms with Gasteiger partial charge >= 0.3 is 0 Å². The lowest BCUT2D eigenvalue weighted by Crippen LogP contribution is -2.12. The number of ketones is 1. The van der Waals surface area contributed by atoms with Crippen LogP contribution in [0.1, 0.15) is 27.6 Å². The molecule has 0 saturated heterocycles. The van der Waals surface area contributed by atoms with Crippen molar-refractivity contribution in [3.8, 4) is 0 Å². The summed E-state index contributed by atoms with van der Waals surface area (Å²) in [5.74, 6) is -0.241. The molecule has 2 nitrogen and oxygen atoms in total. The molecule has 74 valence electrons. The van der Waals surface area contributed by atoms with Gasteiger partial charge < -0.3 is 0 Å². The SMILES string of the molecule is CC(Cl)C(=O)c1cc(Br)ccc1C=O. The van der Waals surface area contributed by atoms with Crippen LogP contribution in [0.3, 0.4) is 0 Å². The smallest absolute Gasteiger partial charge is 0.181 e. The number of hydrogen-bond donors (Lipinski definition) is 0. The predicted octanol–water partition coefficient (Wildman–Crippen LogP) is 3.07. The van der Waals surface area contributed by atoms with Gasteiger partial charge in [0.1, 0.15) is 0 Å². The molecule has 0 fully saturated rings. The molecule has 1 aromatic rings. The molecule has 4 heteroatoms. The second-order valence-electron chi connectivity index (χ2n) is 2.83. The summed E-state index contributed by atoms with van der Waals surface area (Å²) in [5.41, 5.74) is 0.725. The molecule has 0 bridgehead atoms. The molecule has 0 spiro atoms. The van der Waals surface area contributed by atoms with Crippen molar-refractivity contribution in [1.82, 2.24) is 0 Å². The zero-order chi connectivity index (χ0) is 10.7. The molecule has 1 aromatic carbocycles. The number of benzene rings is 1. The molecule has 0 aliphatic heterocycles. The van der Waals surface area contributed by atoms with E-state index in [1.54, 1.807) is 25.1 Å². The van der Waals surface area contributed by atoms with Gasteiger partial charge in [0.25, 0.3) is 0 Å². The second kappa shape index (κ2) is 4.71. The van der Waals surface area contributed by atoms with Crippen LogP contribution in [-0.4, -0.2) is 17.4 Å². The molecule has 1 rings (SSSR count). The molecule has 0 aromatic heterocycles. The van der Waals surface area contributed by atoms with Crippen LogP contribution in [0.15, 0.2) is 22.7 Å². The summed E-state index contributed by atoms with van der Waals surface area (Å²) >= 11 is 8.89. The van der Waals surface area contributed by atoms with Gasteiger partial charge in [-0.15, -0.1) is 11.6 Å². The average Bonchev–Trinajstić information content (AvgIpc) is 2.16. The first-order chi connectivity index (χ1) is 6.56. The third-order valence-corrected chi connectivity index (χ3v) is 2.46. The number of carbonyl (C=O) groups excluding carboxylic acids is 2. The lowest BCUT2D eigenvalue weighted by Gasteiger charge is -2.05. The highest BCUT2D eigenvalue weighted by atomic mass is 79.9. The van der Waals surface area contributed by atoms with E-state index in [4.69, 9.17) is 11.6 Å². The van der Waals surface area contributed by atoms with E-state index in [0.29, 0.717) is 17.4 Å². The van der Waals surface area contributed by atoms with Crippen LogP contribution in [0.4, 0.5) is 0 Å². The third kappa shape index (κ3) is 2.42. The fourth-order valence-corrected chi connectivity index (χ4v) is 1.54. The van der Waals surface area contributed by atoms with E-state index in [0.717, 1.165) is 4.47 Å². The van der Waals surface area contributed by atoms with Crippen molar-refractivity contribution in [3.05, 3.63) is 33.8 Å². The number of Topliss-reactive ketones (excluding diaryl/α,β-unsaturated/α-hetero) is 1. The maximum atomic E-state index is 11.6. The number of hydrogen-bond acceptors (Lipinski definition) is 2. The predicted molar refractivity (Wildman–Crippen MR) is 59.2 cm³/mol. The normalized spacial score (nSPS) is 12.2. The summed E-state index contributed by atoms with van der Waals surface area (Å²) in [4.78, 5) is 22.2.